The molecule has 1 aromatic heterocycles. The fourth-order valence-electron chi connectivity index (χ4n) is 2.45. The van der Waals surface area contributed by atoms with Gasteiger partial charge >= 0.3 is 5.97 Å². The van der Waals surface area contributed by atoms with Crippen LogP contribution in [0, 0.1) is 0 Å². The van der Waals surface area contributed by atoms with Gasteiger partial charge in [0, 0.05) is 22.2 Å². The monoisotopic (exact) mass is 284 g/mol. The Morgan fingerprint density at radius 3 is 2.89 bits per heavy atom. The Balaban J connectivity index is 1.92. The zero-order chi connectivity index (χ0) is 13.8. The Labute approximate surface area is 115 Å². The van der Waals surface area contributed by atoms with Crippen LogP contribution in [0.25, 0.3) is 0 Å². The molecule has 0 spiro atoms. The largest absolute Gasteiger partial charge is 0.481 e. The van der Waals surface area contributed by atoms with E-state index >= 15 is 0 Å². The van der Waals surface area contributed by atoms with Crippen LogP contribution in [0.2, 0.25) is 0 Å². The van der Waals surface area contributed by atoms with Gasteiger partial charge in [-0.1, -0.05) is 19.8 Å². The summed E-state index contributed by atoms with van der Waals surface area (Å²) in [5.74, 6) is -0.564. The SMILES string of the molecule is CC(CC(=O)O)S(=O)Cc1ccn(C2CCCC2)n1. The maximum Gasteiger partial charge on any atom is 0.304 e. The molecule has 0 radical (unpaired) electrons. The van der Waals surface area contributed by atoms with Crippen LogP contribution in [-0.4, -0.2) is 30.3 Å². The highest BCUT2D eigenvalue weighted by atomic mass is 32.2. The first kappa shape index (κ1) is 14.2. The summed E-state index contributed by atoms with van der Waals surface area (Å²) in [6.45, 7) is 1.71. The molecule has 0 aromatic carbocycles. The molecular weight excluding hydrogens is 264 g/mol. The summed E-state index contributed by atoms with van der Waals surface area (Å²) in [5, 5.41) is 12.8. The average Bonchev–Trinajstić information content (AvgIpc) is 2.96. The minimum Gasteiger partial charge on any atom is -0.481 e. The molecule has 0 bridgehead atoms. The number of carboxylic acids is 1. The molecule has 1 fully saturated rings. The zero-order valence-corrected chi connectivity index (χ0v) is 11.9. The summed E-state index contributed by atoms with van der Waals surface area (Å²) in [7, 11) is -1.18. The fourth-order valence-corrected chi connectivity index (χ4v) is 3.51. The number of hydrogen-bond donors (Lipinski definition) is 1. The van der Waals surface area contributed by atoms with Crippen molar-refractivity contribution in [2.24, 2.45) is 0 Å². The summed E-state index contributed by atoms with van der Waals surface area (Å²) in [6.07, 6.45) is 6.72. The van der Waals surface area contributed by atoms with Gasteiger partial charge in [-0.15, -0.1) is 0 Å². The predicted molar refractivity (Wildman–Crippen MR) is 73.3 cm³/mol. The molecule has 0 saturated heterocycles. The number of aromatic nitrogens is 2. The lowest BCUT2D eigenvalue weighted by atomic mass is 10.3. The topological polar surface area (TPSA) is 72.2 Å². The minimum absolute atomic E-state index is 0.0596. The van der Waals surface area contributed by atoms with Gasteiger partial charge in [0.25, 0.3) is 0 Å². The highest BCUT2D eigenvalue weighted by Crippen LogP contribution is 2.28. The van der Waals surface area contributed by atoms with Crippen molar-refractivity contribution < 1.29 is 14.1 Å². The molecular formula is C13H20N2O3S. The molecule has 2 unspecified atom stereocenters. The lowest BCUT2D eigenvalue weighted by Gasteiger charge is -2.09. The average molecular weight is 284 g/mol. The molecule has 2 atom stereocenters. The van der Waals surface area contributed by atoms with Crippen molar-refractivity contribution in [3.63, 3.8) is 0 Å². The smallest absolute Gasteiger partial charge is 0.304 e. The number of carbonyl (C=O) groups is 1. The molecule has 19 heavy (non-hydrogen) atoms. The highest BCUT2D eigenvalue weighted by molar-refractivity contribution is 7.84. The van der Waals surface area contributed by atoms with E-state index in [1.54, 1.807) is 6.92 Å². The molecule has 1 heterocycles. The third kappa shape index (κ3) is 3.89. The Morgan fingerprint density at radius 1 is 1.58 bits per heavy atom. The van der Waals surface area contributed by atoms with E-state index in [0.717, 1.165) is 5.69 Å². The first-order valence-electron chi connectivity index (χ1n) is 6.69. The van der Waals surface area contributed by atoms with Crippen molar-refractivity contribution in [3.05, 3.63) is 18.0 Å². The maximum absolute atomic E-state index is 12.0. The molecule has 1 saturated carbocycles. The minimum atomic E-state index is -1.18. The molecule has 2 rings (SSSR count). The van der Waals surface area contributed by atoms with Gasteiger partial charge in [0.05, 0.1) is 23.9 Å². The molecule has 6 heteroatoms. The van der Waals surface area contributed by atoms with Crippen LogP contribution in [0.15, 0.2) is 12.3 Å². The van der Waals surface area contributed by atoms with Crippen molar-refractivity contribution in [2.75, 3.05) is 0 Å². The Hall–Kier alpha value is -1.17. The maximum atomic E-state index is 12.0. The van der Waals surface area contributed by atoms with Gasteiger partial charge in [0.2, 0.25) is 0 Å². The van der Waals surface area contributed by atoms with Crippen LogP contribution in [-0.2, 0) is 21.3 Å². The zero-order valence-electron chi connectivity index (χ0n) is 11.1. The molecule has 1 aliphatic carbocycles. The fraction of sp³-hybridized carbons (Fsp3) is 0.692. The predicted octanol–water partition coefficient (Wildman–Crippen LogP) is 2.11. The van der Waals surface area contributed by atoms with Crippen molar-refractivity contribution in [1.29, 1.82) is 0 Å². The lowest BCUT2D eigenvalue weighted by molar-refractivity contribution is -0.136. The Bertz CT molecular complexity index is 466. The van der Waals surface area contributed by atoms with E-state index in [0.29, 0.717) is 11.8 Å². The van der Waals surface area contributed by atoms with Crippen LogP contribution in [0.3, 0.4) is 0 Å². The second-order valence-electron chi connectivity index (χ2n) is 5.16. The second kappa shape index (κ2) is 6.32. The van der Waals surface area contributed by atoms with E-state index in [4.69, 9.17) is 5.11 Å². The number of hydrogen-bond acceptors (Lipinski definition) is 3. The van der Waals surface area contributed by atoms with Gasteiger partial charge in [-0.05, 0) is 18.9 Å². The van der Waals surface area contributed by atoms with Gasteiger partial charge in [0.15, 0.2) is 0 Å². The second-order valence-corrected chi connectivity index (χ2v) is 7.01. The van der Waals surface area contributed by atoms with E-state index in [2.05, 4.69) is 5.10 Å². The van der Waals surface area contributed by atoms with E-state index in [1.165, 1.54) is 25.7 Å². The Morgan fingerprint density at radius 2 is 2.26 bits per heavy atom. The van der Waals surface area contributed by atoms with E-state index < -0.39 is 16.8 Å². The number of aliphatic carboxylic acids is 1. The van der Waals surface area contributed by atoms with Crippen LogP contribution >= 0.6 is 0 Å². The van der Waals surface area contributed by atoms with Gasteiger partial charge in [-0.25, -0.2) is 0 Å². The Kier molecular flexibility index (Phi) is 4.74. The third-order valence-electron chi connectivity index (χ3n) is 3.56. The standard InChI is InChI=1S/C13H20N2O3S/c1-10(8-13(16)17)19(18)9-11-6-7-15(14-11)12-4-2-3-5-12/h6-7,10,12H,2-5,8-9H2,1H3,(H,16,17). The van der Waals surface area contributed by atoms with Gasteiger partial charge in [0.1, 0.15) is 0 Å². The first-order valence-corrected chi connectivity index (χ1v) is 8.07. The van der Waals surface area contributed by atoms with Crippen molar-refractivity contribution in [2.45, 2.75) is 56.1 Å². The van der Waals surface area contributed by atoms with E-state index in [9.17, 15) is 9.00 Å². The molecule has 5 nitrogen and oxygen atoms in total. The van der Waals surface area contributed by atoms with Gasteiger partial charge < -0.3 is 5.11 Å². The van der Waals surface area contributed by atoms with Crippen molar-refractivity contribution >= 4 is 16.8 Å². The summed E-state index contributed by atoms with van der Waals surface area (Å²) in [5.41, 5.74) is 0.794. The van der Waals surface area contributed by atoms with E-state index in [-0.39, 0.29) is 11.7 Å². The summed E-state index contributed by atoms with van der Waals surface area (Å²) >= 11 is 0. The highest BCUT2D eigenvalue weighted by Gasteiger charge is 2.19. The van der Waals surface area contributed by atoms with Gasteiger partial charge in [-0.2, -0.15) is 5.10 Å². The summed E-state index contributed by atoms with van der Waals surface area (Å²) in [6, 6.07) is 2.38. The van der Waals surface area contributed by atoms with Crippen LogP contribution in [0.1, 0.15) is 50.8 Å². The van der Waals surface area contributed by atoms with E-state index in [1.807, 2.05) is 16.9 Å². The summed E-state index contributed by atoms with van der Waals surface area (Å²) < 4.78 is 14.0. The number of rotatable bonds is 6. The molecule has 0 amide bonds. The molecule has 0 aliphatic heterocycles. The first-order chi connectivity index (χ1) is 9.06. The molecule has 106 valence electrons. The molecule has 1 aromatic rings. The number of nitrogens with zero attached hydrogens (tertiary/aromatic N) is 2. The van der Waals surface area contributed by atoms with Crippen LogP contribution < -0.4 is 0 Å². The third-order valence-corrected chi connectivity index (χ3v) is 5.21. The summed E-state index contributed by atoms with van der Waals surface area (Å²) in [4.78, 5) is 10.6. The lowest BCUT2D eigenvalue weighted by Crippen LogP contribution is -2.17. The van der Waals surface area contributed by atoms with Crippen LogP contribution in [0.5, 0.6) is 0 Å². The van der Waals surface area contributed by atoms with Crippen molar-refractivity contribution in [3.8, 4) is 0 Å². The molecule has 1 N–H and O–H groups in total. The molecule has 1 aliphatic rings. The normalized spacial score (nSPS) is 19.4. The van der Waals surface area contributed by atoms with Crippen molar-refractivity contribution in [1.82, 2.24) is 9.78 Å². The quantitative estimate of drug-likeness (QED) is 0.868. The van der Waals surface area contributed by atoms with Gasteiger partial charge in [-0.3, -0.25) is 13.7 Å². The van der Waals surface area contributed by atoms with Crippen LogP contribution in [0.4, 0.5) is 0 Å². The number of carboxylic acid groups (broad SMARTS) is 1.